The van der Waals surface area contributed by atoms with Crippen molar-refractivity contribution in [3.05, 3.63) is 82.0 Å². The van der Waals surface area contributed by atoms with Crippen molar-refractivity contribution in [3.63, 3.8) is 0 Å². The van der Waals surface area contributed by atoms with Gasteiger partial charge < -0.3 is 5.11 Å². The van der Waals surface area contributed by atoms with E-state index in [9.17, 15) is 22.7 Å². The van der Waals surface area contributed by atoms with Crippen molar-refractivity contribution in [2.75, 3.05) is 10.5 Å². The summed E-state index contributed by atoms with van der Waals surface area (Å²) in [5.41, 5.74) is 2.87. The normalized spacial score (nSPS) is 13.8. The van der Waals surface area contributed by atoms with Gasteiger partial charge in [0.05, 0.1) is 27.6 Å². The SMILES string of the molecule is O=C(O)c1c(-c2cccnc2)nn2cc(NS(=O)(=O)CCc3ccc(Br)c(F)c3)c(C3CC3)cc12. The van der Waals surface area contributed by atoms with Gasteiger partial charge in [0.25, 0.3) is 0 Å². The molecule has 1 aliphatic carbocycles. The number of sulfonamides is 1. The number of aromatic carboxylic acids is 1. The fraction of sp³-hybridized carbons (Fsp3) is 0.208. The quantitative estimate of drug-likeness (QED) is 0.319. The molecule has 1 aromatic carbocycles. The number of rotatable bonds is 8. The summed E-state index contributed by atoms with van der Waals surface area (Å²) in [7, 11) is -3.78. The molecule has 2 N–H and O–H groups in total. The van der Waals surface area contributed by atoms with Crippen LogP contribution in [0.4, 0.5) is 10.1 Å². The minimum absolute atomic E-state index is 0.0339. The second-order valence-corrected chi connectivity index (χ2v) is 11.1. The Hall–Kier alpha value is -3.31. The molecule has 0 spiro atoms. The van der Waals surface area contributed by atoms with Crippen molar-refractivity contribution in [3.8, 4) is 11.3 Å². The largest absolute Gasteiger partial charge is 0.478 e. The zero-order valence-electron chi connectivity index (χ0n) is 18.3. The summed E-state index contributed by atoms with van der Waals surface area (Å²) >= 11 is 3.09. The van der Waals surface area contributed by atoms with Crippen molar-refractivity contribution in [2.24, 2.45) is 0 Å². The Balaban J connectivity index is 1.50. The molecule has 1 aliphatic rings. The lowest BCUT2D eigenvalue weighted by Gasteiger charge is -2.13. The maximum atomic E-state index is 13.8. The van der Waals surface area contributed by atoms with Gasteiger partial charge >= 0.3 is 5.97 Å². The summed E-state index contributed by atoms with van der Waals surface area (Å²) in [5, 5.41) is 14.4. The number of aromatic nitrogens is 3. The molecule has 0 radical (unpaired) electrons. The lowest BCUT2D eigenvalue weighted by molar-refractivity contribution is 0.0699. The van der Waals surface area contributed by atoms with E-state index in [1.54, 1.807) is 36.5 Å². The second-order valence-electron chi connectivity index (χ2n) is 8.44. The third kappa shape index (κ3) is 4.92. The Labute approximate surface area is 209 Å². The maximum Gasteiger partial charge on any atom is 0.340 e. The summed E-state index contributed by atoms with van der Waals surface area (Å²) in [6.45, 7) is 0. The maximum absolute atomic E-state index is 13.8. The minimum atomic E-state index is -3.78. The summed E-state index contributed by atoms with van der Waals surface area (Å²) in [6.07, 6.45) is 6.54. The first-order valence-electron chi connectivity index (χ1n) is 10.9. The average molecular weight is 559 g/mol. The smallest absolute Gasteiger partial charge is 0.340 e. The fourth-order valence-corrected chi connectivity index (χ4v) is 5.36. The zero-order chi connectivity index (χ0) is 24.7. The molecule has 1 saturated carbocycles. The Morgan fingerprint density at radius 1 is 1.26 bits per heavy atom. The molecule has 3 aromatic heterocycles. The minimum Gasteiger partial charge on any atom is -0.478 e. The number of pyridine rings is 2. The van der Waals surface area contributed by atoms with Crippen LogP contribution in [0.25, 0.3) is 16.8 Å². The van der Waals surface area contributed by atoms with Gasteiger partial charge in [-0.25, -0.2) is 22.1 Å². The lowest BCUT2D eigenvalue weighted by Crippen LogP contribution is -2.19. The van der Waals surface area contributed by atoms with Gasteiger partial charge in [0.1, 0.15) is 17.1 Å². The number of aryl methyl sites for hydroxylation is 1. The summed E-state index contributed by atoms with van der Waals surface area (Å²) in [4.78, 5) is 16.2. The van der Waals surface area contributed by atoms with Crippen LogP contribution in [0.3, 0.4) is 0 Å². The number of nitrogens with zero attached hydrogens (tertiary/aromatic N) is 3. The highest BCUT2D eigenvalue weighted by Crippen LogP contribution is 2.44. The van der Waals surface area contributed by atoms with Crippen LogP contribution in [0, 0.1) is 5.82 Å². The van der Waals surface area contributed by atoms with E-state index in [4.69, 9.17) is 0 Å². The van der Waals surface area contributed by atoms with Gasteiger partial charge in [0.2, 0.25) is 10.0 Å². The molecule has 5 rings (SSSR count). The molecular formula is C24H20BrFN4O4S. The predicted molar refractivity (Wildman–Crippen MR) is 133 cm³/mol. The van der Waals surface area contributed by atoms with Gasteiger partial charge in [-0.1, -0.05) is 6.07 Å². The number of nitrogens with one attached hydrogen (secondary N) is 1. The average Bonchev–Trinajstić information content (AvgIpc) is 3.59. The van der Waals surface area contributed by atoms with Crippen molar-refractivity contribution in [1.82, 2.24) is 14.6 Å². The second kappa shape index (κ2) is 9.04. The predicted octanol–water partition coefficient (Wildman–Crippen LogP) is 4.86. The fourth-order valence-electron chi connectivity index (χ4n) is 4.01. The van der Waals surface area contributed by atoms with Gasteiger partial charge in [0.15, 0.2) is 0 Å². The number of carboxylic acids is 1. The van der Waals surface area contributed by atoms with Crippen molar-refractivity contribution in [2.45, 2.75) is 25.2 Å². The number of fused-ring (bicyclic) bond motifs is 1. The molecule has 8 nitrogen and oxygen atoms in total. The van der Waals surface area contributed by atoms with Crippen LogP contribution < -0.4 is 4.72 Å². The summed E-state index contributed by atoms with van der Waals surface area (Å²) < 4.78 is 44.0. The van der Waals surface area contributed by atoms with Crippen LogP contribution in [0.5, 0.6) is 0 Å². The van der Waals surface area contributed by atoms with E-state index in [1.807, 2.05) is 0 Å². The number of carbonyl (C=O) groups is 1. The van der Waals surface area contributed by atoms with Crippen LogP contribution >= 0.6 is 15.9 Å². The van der Waals surface area contributed by atoms with Crippen LogP contribution in [0.15, 0.2) is 59.5 Å². The Kier molecular flexibility index (Phi) is 6.06. The molecule has 35 heavy (non-hydrogen) atoms. The van der Waals surface area contributed by atoms with Crippen LogP contribution in [-0.4, -0.2) is 39.8 Å². The number of carboxylic acid groups (broad SMARTS) is 1. The number of halogens is 2. The molecular weight excluding hydrogens is 539 g/mol. The molecule has 4 aromatic rings. The van der Waals surface area contributed by atoms with Gasteiger partial charge in [-0.15, -0.1) is 0 Å². The first kappa shape index (κ1) is 23.4. The van der Waals surface area contributed by atoms with Gasteiger partial charge in [-0.3, -0.25) is 9.71 Å². The highest BCUT2D eigenvalue weighted by molar-refractivity contribution is 9.10. The van der Waals surface area contributed by atoms with E-state index >= 15 is 0 Å². The van der Waals surface area contributed by atoms with Crippen molar-refractivity contribution >= 4 is 43.1 Å². The number of hydrogen-bond acceptors (Lipinski definition) is 5. The lowest BCUT2D eigenvalue weighted by atomic mass is 10.1. The number of anilines is 1. The number of hydrogen-bond donors (Lipinski definition) is 2. The van der Waals surface area contributed by atoms with Crippen LogP contribution in [0.1, 0.15) is 40.2 Å². The number of benzene rings is 1. The van der Waals surface area contributed by atoms with Crippen molar-refractivity contribution < 1.29 is 22.7 Å². The molecule has 0 unspecified atom stereocenters. The van der Waals surface area contributed by atoms with Gasteiger partial charge in [-0.2, -0.15) is 5.10 Å². The van der Waals surface area contributed by atoms with E-state index in [0.29, 0.717) is 26.8 Å². The van der Waals surface area contributed by atoms with E-state index in [-0.39, 0.29) is 29.3 Å². The Bertz CT molecular complexity index is 1550. The molecule has 0 atom stereocenters. The van der Waals surface area contributed by atoms with E-state index < -0.39 is 21.8 Å². The Morgan fingerprint density at radius 3 is 2.71 bits per heavy atom. The molecule has 0 amide bonds. The highest BCUT2D eigenvalue weighted by atomic mass is 79.9. The standard InChI is InChI=1S/C24H20BrFN4O4S/c25-18-6-3-14(10-19(18)26)7-9-35(33,34)29-20-13-30-21(11-17(20)15-4-5-15)22(24(31)32)23(28-30)16-2-1-8-27-12-16/h1-3,6,8,10-13,15,29H,4-5,7,9H2,(H,31,32). The third-order valence-electron chi connectivity index (χ3n) is 5.88. The van der Waals surface area contributed by atoms with Crippen LogP contribution in [0.2, 0.25) is 0 Å². The van der Waals surface area contributed by atoms with E-state index in [1.165, 1.54) is 23.0 Å². The topological polar surface area (TPSA) is 114 Å². The van der Waals surface area contributed by atoms with Crippen LogP contribution in [-0.2, 0) is 16.4 Å². The molecule has 0 bridgehead atoms. The van der Waals surface area contributed by atoms with Gasteiger partial charge in [0, 0.05) is 18.0 Å². The van der Waals surface area contributed by atoms with E-state index in [0.717, 1.165) is 18.4 Å². The zero-order valence-corrected chi connectivity index (χ0v) is 20.7. The highest BCUT2D eigenvalue weighted by Gasteiger charge is 2.30. The Morgan fingerprint density at radius 2 is 2.06 bits per heavy atom. The molecule has 11 heteroatoms. The van der Waals surface area contributed by atoms with E-state index in [2.05, 4.69) is 30.7 Å². The molecule has 1 fully saturated rings. The molecule has 180 valence electrons. The van der Waals surface area contributed by atoms with Gasteiger partial charge in [-0.05, 0) is 82.6 Å². The summed E-state index contributed by atoms with van der Waals surface area (Å²) in [6, 6.07) is 9.63. The third-order valence-corrected chi connectivity index (χ3v) is 7.79. The molecule has 0 aliphatic heterocycles. The first-order chi connectivity index (χ1) is 16.7. The monoisotopic (exact) mass is 558 g/mol. The van der Waals surface area contributed by atoms with Crippen molar-refractivity contribution in [1.29, 1.82) is 0 Å². The first-order valence-corrected chi connectivity index (χ1v) is 13.3. The summed E-state index contributed by atoms with van der Waals surface area (Å²) in [5.74, 6) is -1.68. The molecule has 0 saturated heterocycles. The molecule has 3 heterocycles.